The van der Waals surface area contributed by atoms with Crippen molar-refractivity contribution in [3.05, 3.63) is 64.4 Å². The average molecular weight is 325 g/mol. The molecule has 3 rings (SSSR count). The second kappa shape index (κ2) is 6.25. The van der Waals surface area contributed by atoms with Crippen molar-refractivity contribution in [1.29, 1.82) is 0 Å². The molecule has 2 unspecified atom stereocenters. The van der Waals surface area contributed by atoms with Crippen molar-refractivity contribution < 1.29 is 9.13 Å². The van der Waals surface area contributed by atoms with Crippen molar-refractivity contribution >= 4 is 23.2 Å². The molecule has 0 bridgehead atoms. The number of hydrogen-bond acceptors (Lipinski definition) is 1. The van der Waals surface area contributed by atoms with Crippen LogP contribution in [0.2, 0.25) is 5.02 Å². The zero-order valence-corrected chi connectivity index (χ0v) is 12.9. The van der Waals surface area contributed by atoms with Crippen LogP contribution in [0.15, 0.2) is 42.5 Å². The summed E-state index contributed by atoms with van der Waals surface area (Å²) in [6.45, 7) is 0. The van der Waals surface area contributed by atoms with Crippen LogP contribution < -0.4 is 4.74 Å². The second-order valence-corrected chi connectivity index (χ2v) is 6.02. The molecule has 0 aromatic heterocycles. The van der Waals surface area contributed by atoms with Crippen molar-refractivity contribution in [2.24, 2.45) is 0 Å². The van der Waals surface area contributed by atoms with Gasteiger partial charge in [-0.2, -0.15) is 0 Å². The van der Waals surface area contributed by atoms with Crippen molar-refractivity contribution in [1.82, 2.24) is 0 Å². The molecule has 0 spiro atoms. The summed E-state index contributed by atoms with van der Waals surface area (Å²) < 4.78 is 19.1. The zero-order chi connectivity index (χ0) is 14.8. The lowest BCUT2D eigenvalue weighted by atomic mass is 9.93. The Morgan fingerprint density at radius 1 is 1.24 bits per heavy atom. The first-order chi connectivity index (χ1) is 10.2. The van der Waals surface area contributed by atoms with Crippen LogP contribution in [0.25, 0.3) is 0 Å². The summed E-state index contributed by atoms with van der Waals surface area (Å²) in [5.41, 5.74) is 1.97. The highest BCUT2D eigenvalue weighted by atomic mass is 35.5. The first-order valence-corrected chi connectivity index (χ1v) is 7.84. The van der Waals surface area contributed by atoms with Gasteiger partial charge in [0.15, 0.2) is 0 Å². The average Bonchev–Trinajstić information content (AvgIpc) is 2.87. The molecule has 0 N–H and O–H groups in total. The standard InChI is InChI=1S/C17H15Cl2FO/c18-10-12(15-3-1-2-4-16(15)19)9-14-8-11-7-13(20)5-6-17(11)21-14/h1-7,12,14H,8-10H2. The monoisotopic (exact) mass is 324 g/mol. The van der Waals surface area contributed by atoms with Crippen molar-refractivity contribution in [2.75, 3.05) is 5.88 Å². The molecule has 21 heavy (non-hydrogen) atoms. The Morgan fingerprint density at radius 2 is 2.05 bits per heavy atom. The fraction of sp³-hybridized carbons (Fsp3) is 0.294. The minimum Gasteiger partial charge on any atom is -0.490 e. The maximum absolute atomic E-state index is 13.2. The molecule has 1 aliphatic heterocycles. The molecule has 1 nitrogen and oxygen atoms in total. The lowest BCUT2D eigenvalue weighted by Gasteiger charge is -2.19. The second-order valence-electron chi connectivity index (χ2n) is 5.30. The Morgan fingerprint density at radius 3 is 2.81 bits per heavy atom. The predicted molar refractivity (Wildman–Crippen MR) is 84.1 cm³/mol. The van der Waals surface area contributed by atoms with E-state index in [0.29, 0.717) is 12.3 Å². The molecular formula is C17H15Cl2FO. The Bertz CT molecular complexity index is 644. The molecule has 0 saturated heterocycles. The number of hydrogen-bond donors (Lipinski definition) is 0. The molecule has 1 heterocycles. The van der Waals surface area contributed by atoms with Gasteiger partial charge in [0.1, 0.15) is 17.7 Å². The van der Waals surface area contributed by atoms with Gasteiger partial charge in [-0.05, 0) is 36.2 Å². The third-order valence-electron chi connectivity index (χ3n) is 3.84. The van der Waals surface area contributed by atoms with E-state index in [2.05, 4.69) is 0 Å². The van der Waals surface area contributed by atoms with Crippen LogP contribution in [-0.2, 0) is 6.42 Å². The molecule has 0 radical (unpaired) electrons. The summed E-state index contributed by atoms with van der Waals surface area (Å²) >= 11 is 12.4. The van der Waals surface area contributed by atoms with Gasteiger partial charge in [-0.25, -0.2) is 4.39 Å². The highest BCUT2D eigenvalue weighted by Crippen LogP contribution is 2.35. The maximum Gasteiger partial charge on any atom is 0.123 e. The molecular weight excluding hydrogens is 310 g/mol. The number of benzene rings is 2. The third-order valence-corrected chi connectivity index (χ3v) is 4.56. The number of halogens is 3. The first kappa shape index (κ1) is 14.7. The summed E-state index contributed by atoms with van der Waals surface area (Å²) in [5, 5.41) is 0.727. The lowest BCUT2D eigenvalue weighted by Crippen LogP contribution is -2.18. The molecule has 0 saturated carbocycles. The molecule has 0 aliphatic carbocycles. The van der Waals surface area contributed by atoms with Crippen molar-refractivity contribution in [3.63, 3.8) is 0 Å². The van der Waals surface area contributed by atoms with E-state index in [-0.39, 0.29) is 17.8 Å². The Kier molecular flexibility index (Phi) is 4.37. The van der Waals surface area contributed by atoms with E-state index in [1.54, 1.807) is 12.1 Å². The first-order valence-electron chi connectivity index (χ1n) is 6.93. The van der Waals surface area contributed by atoms with Gasteiger partial charge < -0.3 is 4.74 Å². The van der Waals surface area contributed by atoms with Crippen LogP contribution in [0, 0.1) is 5.82 Å². The van der Waals surface area contributed by atoms with E-state index in [1.807, 2.05) is 24.3 Å². The van der Waals surface area contributed by atoms with E-state index in [0.717, 1.165) is 28.3 Å². The van der Waals surface area contributed by atoms with E-state index >= 15 is 0 Å². The highest BCUT2D eigenvalue weighted by molar-refractivity contribution is 6.31. The quantitative estimate of drug-likeness (QED) is 0.703. The third kappa shape index (κ3) is 3.17. The molecule has 2 aromatic carbocycles. The van der Waals surface area contributed by atoms with Crippen molar-refractivity contribution in [3.8, 4) is 5.75 Å². The van der Waals surface area contributed by atoms with Crippen LogP contribution in [0.4, 0.5) is 4.39 Å². The maximum atomic E-state index is 13.2. The fourth-order valence-corrected chi connectivity index (χ4v) is 3.40. The van der Waals surface area contributed by atoms with E-state index < -0.39 is 0 Å². The number of alkyl halides is 1. The molecule has 0 fully saturated rings. The fourth-order valence-electron chi connectivity index (χ4n) is 2.82. The molecule has 0 amide bonds. The zero-order valence-electron chi connectivity index (χ0n) is 11.4. The molecule has 4 heteroatoms. The van der Waals surface area contributed by atoms with Gasteiger partial charge in [-0.3, -0.25) is 0 Å². The Hall–Kier alpha value is -1.25. The molecule has 110 valence electrons. The lowest BCUT2D eigenvalue weighted by molar-refractivity contribution is 0.213. The molecule has 1 aliphatic rings. The number of rotatable bonds is 4. The van der Waals surface area contributed by atoms with Gasteiger partial charge in [0.05, 0.1) is 0 Å². The summed E-state index contributed by atoms with van der Waals surface area (Å²) in [5.74, 6) is 1.16. The normalized spacial score (nSPS) is 18.1. The van der Waals surface area contributed by atoms with E-state index in [9.17, 15) is 4.39 Å². The van der Waals surface area contributed by atoms with Gasteiger partial charge >= 0.3 is 0 Å². The van der Waals surface area contributed by atoms with Crippen LogP contribution in [0.1, 0.15) is 23.5 Å². The van der Waals surface area contributed by atoms with Gasteiger partial charge in [0.2, 0.25) is 0 Å². The van der Waals surface area contributed by atoms with Gasteiger partial charge in [-0.15, -0.1) is 11.6 Å². The SMILES string of the molecule is Fc1ccc2c(c1)CC(CC(CCl)c1ccccc1Cl)O2. The smallest absolute Gasteiger partial charge is 0.123 e. The Balaban J connectivity index is 1.74. The van der Waals surface area contributed by atoms with Gasteiger partial charge in [0.25, 0.3) is 0 Å². The minimum atomic E-state index is -0.224. The summed E-state index contributed by atoms with van der Waals surface area (Å²) in [6.07, 6.45) is 1.50. The highest BCUT2D eigenvalue weighted by Gasteiger charge is 2.27. The Labute approximate surface area is 133 Å². The van der Waals surface area contributed by atoms with Crippen LogP contribution in [-0.4, -0.2) is 12.0 Å². The van der Waals surface area contributed by atoms with Crippen LogP contribution in [0.5, 0.6) is 5.75 Å². The molecule has 2 aromatic rings. The van der Waals surface area contributed by atoms with Gasteiger partial charge in [-0.1, -0.05) is 29.8 Å². The van der Waals surface area contributed by atoms with Crippen LogP contribution >= 0.6 is 23.2 Å². The predicted octanol–water partition coefficient (Wildman–Crippen LogP) is 5.20. The number of fused-ring (bicyclic) bond motifs is 1. The number of ether oxygens (including phenoxy) is 1. The van der Waals surface area contributed by atoms with Crippen molar-refractivity contribution in [2.45, 2.75) is 24.9 Å². The van der Waals surface area contributed by atoms with E-state index in [4.69, 9.17) is 27.9 Å². The molecule has 2 atom stereocenters. The topological polar surface area (TPSA) is 9.23 Å². The van der Waals surface area contributed by atoms with Crippen LogP contribution in [0.3, 0.4) is 0 Å². The summed E-state index contributed by atoms with van der Waals surface area (Å²) in [7, 11) is 0. The largest absolute Gasteiger partial charge is 0.490 e. The van der Waals surface area contributed by atoms with Gasteiger partial charge in [0, 0.05) is 28.8 Å². The summed E-state index contributed by atoms with van der Waals surface area (Å²) in [4.78, 5) is 0. The van der Waals surface area contributed by atoms with E-state index in [1.165, 1.54) is 6.07 Å². The minimum absolute atomic E-state index is 0.0156. The summed E-state index contributed by atoms with van der Waals surface area (Å²) in [6, 6.07) is 12.4.